The van der Waals surface area contributed by atoms with Gasteiger partial charge in [-0.1, -0.05) is 41.6 Å². The molecule has 3 nitrogen and oxygen atoms in total. The Bertz CT molecular complexity index is 674. The number of fused-ring (bicyclic) bond motifs is 1. The van der Waals surface area contributed by atoms with Crippen molar-refractivity contribution in [3.8, 4) is 0 Å². The molecule has 0 amide bonds. The first kappa shape index (κ1) is 11.0. The van der Waals surface area contributed by atoms with E-state index in [4.69, 9.17) is 11.6 Å². The second-order valence-electron chi connectivity index (χ2n) is 3.94. The van der Waals surface area contributed by atoms with Crippen molar-refractivity contribution in [1.82, 2.24) is 4.98 Å². The molecule has 0 fully saturated rings. The van der Waals surface area contributed by atoms with Crippen LogP contribution in [0, 0.1) is 0 Å². The Labute approximate surface area is 108 Å². The molecule has 0 saturated carbocycles. The van der Waals surface area contributed by atoms with E-state index in [1.807, 2.05) is 0 Å². The average molecular weight is 257 g/mol. The smallest absolute Gasteiger partial charge is 0.195 e. The van der Waals surface area contributed by atoms with E-state index in [-0.39, 0.29) is 17.1 Å². The van der Waals surface area contributed by atoms with Gasteiger partial charge in [0, 0.05) is 17.3 Å². The quantitative estimate of drug-likeness (QED) is 0.786. The van der Waals surface area contributed by atoms with Crippen LogP contribution in [-0.2, 0) is 0 Å². The van der Waals surface area contributed by atoms with Crippen LogP contribution < -0.4 is 5.11 Å². The summed E-state index contributed by atoms with van der Waals surface area (Å²) in [4.78, 5) is 16.2. The molecule has 0 saturated heterocycles. The van der Waals surface area contributed by atoms with Gasteiger partial charge in [-0.2, -0.15) is 0 Å². The van der Waals surface area contributed by atoms with Crippen LogP contribution >= 0.6 is 11.6 Å². The summed E-state index contributed by atoms with van der Waals surface area (Å²) in [6.07, 6.45) is 1.42. The van der Waals surface area contributed by atoms with Gasteiger partial charge in [0.1, 0.15) is 0 Å². The number of rotatable bonds is 1. The summed E-state index contributed by atoms with van der Waals surface area (Å²) in [7, 11) is 0. The van der Waals surface area contributed by atoms with E-state index in [0.717, 1.165) is 0 Å². The van der Waals surface area contributed by atoms with E-state index in [9.17, 15) is 9.90 Å². The van der Waals surface area contributed by atoms with Crippen LogP contribution in [0.25, 0.3) is 11.3 Å². The Hall–Kier alpha value is -2.13. The lowest BCUT2D eigenvalue weighted by Gasteiger charge is -2.10. The van der Waals surface area contributed by atoms with Crippen molar-refractivity contribution in [2.45, 2.75) is 0 Å². The van der Waals surface area contributed by atoms with E-state index >= 15 is 0 Å². The van der Waals surface area contributed by atoms with E-state index in [2.05, 4.69) is 4.98 Å². The highest BCUT2D eigenvalue weighted by molar-refractivity contribution is 6.38. The van der Waals surface area contributed by atoms with Gasteiger partial charge in [-0.05, 0) is 17.7 Å². The number of carbonyl (C=O) groups excluding carboxylic acids is 1. The van der Waals surface area contributed by atoms with Crippen molar-refractivity contribution in [3.63, 3.8) is 0 Å². The number of pyridine rings is 1. The fourth-order valence-corrected chi connectivity index (χ4v) is 2.12. The topological polar surface area (TPSA) is 53.0 Å². The van der Waals surface area contributed by atoms with Gasteiger partial charge in [-0.15, -0.1) is 0 Å². The minimum Gasteiger partial charge on any atom is -0.871 e. The summed E-state index contributed by atoms with van der Waals surface area (Å²) in [5, 5.41) is 12.6. The zero-order chi connectivity index (χ0) is 12.7. The zero-order valence-electron chi connectivity index (χ0n) is 9.18. The fraction of sp³-hybridized carbons (Fsp3) is 0. The third kappa shape index (κ3) is 1.52. The van der Waals surface area contributed by atoms with Crippen molar-refractivity contribution >= 4 is 28.7 Å². The molecule has 1 aliphatic rings. The van der Waals surface area contributed by atoms with Gasteiger partial charge in [0.05, 0.1) is 10.7 Å². The molecule has 1 aliphatic carbocycles. The number of halogens is 1. The Morgan fingerprint density at radius 3 is 2.39 bits per heavy atom. The van der Waals surface area contributed by atoms with Crippen molar-refractivity contribution in [3.05, 3.63) is 64.4 Å². The molecule has 1 aromatic carbocycles. The largest absolute Gasteiger partial charge is 0.871 e. The minimum atomic E-state index is -0.273. The standard InChI is InChI=1S/C14H8ClNO2/c15-8-5-6-11(16-7-8)12-13(17)9-3-1-2-4-10(9)14(12)18/h1-7,17H/p-1. The van der Waals surface area contributed by atoms with E-state index < -0.39 is 0 Å². The van der Waals surface area contributed by atoms with Crippen LogP contribution in [0.3, 0.4) is 0 Å². The molecule has 0 radical (unpaired) electrons. The number of Topliss-reactive ketones (excluding diaryl/α,β-unsaturated/α-hetero) is 1. The second kappa shape index (κ2) is 3.96. The molecule has 1 heterocycles. The lowest BCUT2D eigenvalue weighted by Crippen LogP contribution is -2.04. The molecule has 0 unspecified atom stereocenters. The summed E-state index contributed by atoms with van der Waals surface area (Å²) in [6, 6.07) is 9.97. The van der Waals surface area contributed by atoms with Crippen molar-refractivity contribution in [2.24, 2.45) is 0 Å². The van der Waals surface area contributed by atoms with Crippen LogP contribution in [0.2, 0.25) is 5.02 Å². The Balaban J connectivity index is 2.18. The first-order valence-electron chi connectivity index (χ1n) is 5.36. The summed E-state index contributed by atoms with van der Waals surface area (Å²) in [5.74, 6) is -0.546. The lowest BCUT2D eigenvalue weighted by atomic mass is 10.1. The molecule has 18 heavy (non-hydrogen) atoms. The number of hydrogen-bond acceptors (Lipinski definition) is 3. The second-order valence-corrected chi connectivity index (χ2v) is 4.38. The van der Waals surface area contributed by atoms with Gasteiger partial charge < -0.3 is 5.11 Å². The normalized spacial score (nSPS) is 13.9. The van der Waals surface area contributed by atoms with Crippen molar-refractivity contribution < 1.29 is 9.90 Å². The molecule has 4 heteroatoms. The van der Waals surface area contributed by atoms with Crippen molar-refractivity contribution in [2.75, 3.05) is 0 Å². The number of allylic oxidation sites excluding steroid dienone is 1. The predicted octanol–water partition coefficient (Wildman–Crippen LogP) is 2.16. The van der Waals surface area contributed by atoms with Gasteiger partial charge in [0.15, 0.2) is 5.78 Å². The summed E-state index contributed by atoms with van der Waals surface area (Å²) in [5.41, 5.74) is 1.36. The molecular weight excluding hydrogens is 250 g/mol. The maximum Gasteiger partial charge on any atom is 0.195 e. The minimum absolute atomic E-state index is 0.118. The first-order valence-corrected chi connectivity index (χ1v) is 5.73. The van der Waals surface area contributed by atoms with Crippen LogP contribution in [0.4, 0.5) is 0 Å². The molecule has 1 aromatic heterocycles. The number of ketones is 1. The Morgan fingerprint density at radius 1 is 1.06 bits per heavy atom. The highest BCUT2D eigenvalue weighted by atomic mass is 35.5. The molecular formula is C14H7ClNO2-. The SMILES string of the molecule is O=C1C(c2ccc(Cl)cn2)=C([O-])c2ccccc21. The maximum absolute atomic E-state index is 12.2. The third-order valence-corrected chi connectivity index (χ3v) is 3.08. The highest BCUT2D eigenvalue weighted by Crippen LogP contribution is 2.34. The van der Waals surface area contributed by atoms with E-state index in [1.165, 1.54) is 6.20 Å². The third-order valence-electron chi connectivity index (χ3n) is 2.85. The number of nitrogens with zero attached hydrogens (tertiary/aromatic N) is 1. The fourth-order valence-electron chi connectivity index (χ4n) is 2.01. The number of aromatic nitrogens is 1. The summed E-state index contributed by atoms with van der Waals surface area (Å²) < 4.78 is 0. The molecule has 3 rings (SSSR count). The maximum atomic E-state index is 12.2. The molecule has 88 valence electrons. The van der Waals surface area contributed by atoms with Gasteiger partial charge >= 0.3 is 0 Å². The van der Waals surface area contributed by atoms with Crippen LogP contribution in [-0.4, -0.2) is 10.8 Å². The number of hydrogen-bond donors (Lipinski definition) is 0. The predicted molar refractivity (Wildman–Crippen MR) is 66.8 cm³/mol. The Morgan fingerprint density at radius 2 is 1.78 bits per heavy atom. The number of carbonyl (C=O) groups is 1. The highest BCUT2D eigenvalue weighted by Gasteiger charge is 2.25. The van der Waals surface area contributed by atoms with Gasteiger partial charge in [-0.3, -0.25) is 9.78 Å². The lowest BCUT2D eigenvalue weighted by molar-refractivity contribution is -0.242. The zero-order valence-corrected chi connectivity index (χ0v) is 9.94. The Kier molecular flexibility index (Phi) is 2.42. The van der Waals surface area contributed by atoms with Crippen molar-refractivity contribution in [1.29, 1.82) is 0 Å². The van der Waals surface area contributed by atoms with Gasteiger partial charge in [-0.25, -0.2) is 0 Å². The van der Waals surface area contributed by atoms with Gasteiger partial charge in [0.2, 0.25) is 0 Å². The monoisotopic (exact) mass is 256 g/mol. The van der Waals surface area contributed by atoms with Crippen LogP contribution in [0.1, 0.15) is 21.6 Å². The molecule has 0 atom stereocenters. The number of benzene rings is 1. The summed E-state index contributed by atoms with van der Waals surface area (Å²) >= 11 is 5.74. The van der Waals surface area contributed by atoms with E-state index in [0.29, 0.717) is 21.8 Å². The average Bonchev–Trinajstić information content (AvgIpc) is 2.64. The molecule has 0 aliphatic heterocycles. The first-order chi connectivity index (χ1) is 8.68. The molecule has 2 aromatic rings. The van der Waals surface area contributed by atoms with E-state index in [1.54, 1.807) is 36.4 Å². The molecule has 0 N–H and O–H groups in total. The molecule has 0 bridgehead atoms. The molecule has 0 spiro atoms. The van der Waals surface area contributed by atoms with Crippen LogP contribution in [0.5, 0.6) is 0 Å². The van der Waals surface area contributed by atoms with Crippen LogP contribution in [0.15, 0.2) is 42.6 Å². The summed E-state index contributed by atoms with van der Waals surface area (Å²) in [6.45, 7) is 0. The van der Waals surface area contributed by atoms with Gasteiger partial charge in [0.25, 0.3) is 0 Å².